The summed E-state index contributed by atoms with van der Waals surface area (Å²) < 4.78 is 33.9. The van der Waals surface area contributed by atoms with E-state index < -0.39 is 11.6 Å². The maximum atomic E-state index is 14.5. The second-order valence-electron chi connectivity index (χ2n) is 8.86. The van der Waals surface area contributed by atoms with Gasteiger partial charge in [-0.3, -0.25) is 19.4 Å². The van der Waals surface area contributed by atoms with Crippen molar-refractivity contribution in [3.05, 3.63) is 86.8 Å². The van der Waals surface area contributed by atoms with E-state index in [1.54, 1.807) is 30.3 Å². The van der Waals surface area contributed by atoms with Crippen LogP contribution >= 0.6 is 9.24 Å². The van der Waals surface area contributed by atoms with Gasteiger partial charge >= 0.3 is 0 Å². The second-order valence-corrected chi connectivity index (χ2v) is 9.48. The van der Waals surface area contributed by atoms with Gasteiger partial charge in [-0.05, 0) is 49.4 Å². The van der Waals surface area contributed by atoms with E-state index in [0.717, 1.165) is 35.1 Å². The average Bonchev–Trinajstić information content (AvgIpc) is 3.32. The Morgan fingerprint density at radius 2 is 2.03 bits per heavy atom. The minimum Gasteiger partial charge on any atom is -0.493 e. The molecule has 1 amide bonds. The fourth-order valence-electron chi connectivity index (χ4n) is 3.97. The highest BCUT2D eigenvalue weighted by Crippen LogP contribution is 2.31. The minimum atomic E-state index is -0.763. The van der Waals surface area contributed by atoms with Crippen LogP contribution in [0.2, 0.25) is 0 Å². The fourth-order valence-corrected chi connectivity index (χ4v) is 4.26. The molecular formula is C26H28F2N5O3P. The van der Waals surface area contributed by atoms with Crippen molar-refractivity contribution in [3.8, 4) is 5.75 Å². The molecule has 2 heterocycles. The number of H-pyrrole nitrogens is 1. The second kappa shape index (κ2) is 11.6. The molecule has 1 aromatic heterocycles. The molecule has 0 fully saturated rings. The molecule has 0 bridgehead atoms. The van der Waals surface area contributed by atoms with Gasteiger partial charge in [0.25, 0.3) is 5.56 Å². The van der Waals surface area contributed by atoms with Crippen molar-refractivity contribution in [1.82, 2.24) is 14.8 Å². The van der Waals surface area contributed by atoms with Crippen molar-refractivity contribution in [2.75, 3.05) is 25.6 Å². The number of hydrogen-bond donors (Lipinski definition) is 2. The predicted octanol–water partition coefficient (Wildman–Crippen LogP) is 2.91. The van der Waals surface area contributed by atoms with E-state index in [0.29, 0.717) is 25.1 Å². The van der Waals surface area contributed by atoms with Crippen LogP contribution in [0.25, 0.3) is 0 Å². The van der Waals surface area contributed by atoms with Crippen LogP contribution in [-0.4, -0.2) is 47.5 Å². The molecule has 1 unspecified atom stereocenters. The third-order valence-electron chi connectivity index (χ3n) is 5.99. The highest BCUT2D eigenvalue weighted by molar-refractivity contribution is 7.27. The number of aromatic nitrogens is 1. The lowest BCUT2D eigenvalue weighted by Gasteiger charge is -2.24. The number of fused-ring (bicyclic) bond motifs is 1. The van der Waals surface area contributed by atoms with E-state index in [1.165, 1.54) is 11.0 Å². The lowest BCUT2D eigenvalue weighted by atomic mass is 10.1. The number of benzene rings is 2. The molecule has 0 spiro atoms. The highest BCUT2D eigenvalue weighted by atomic mass is 31.0. The number of anilines is 1. The number of amides is 1. The van der Waals surface area contributed by atoms with E-state index in [1.807, 2.05) is 19.1 Å². The zero-order valence-electron chi connectivity index (χ0n) is 20.6. The summed E-state index contributed by atoms with van der Waals surface area (Å²) in [5.41, 5.74) is 3.14. The smallest absolute Gasteiger partial charge is 0.252 e. The Balaban J connectivity index is 1.63. The van der Waals surface area contributed by atoms with E-state index in [4.69, 9.17) is 4.74 Å². The van der Waals surface area contributed by atoms with Gasteiger partial charge in [0, 0.05) is 47.3 Å². The molecule has 0 radical (unpaired) electrons. The maximum Gasteiger partial charge on any atom is 0.252 e. The van der Waals surface area contributed by atoms with E-state index >= 15 is 0 Å². The van der Waals surface area contributed by atoms with E-state index in [-0.39, 0.29) is 35.6 Å². The summed E-state index contributed by atoms with van der Waals surface area (Å²) in [7, 11) is 4.00. The Hall–Kier alpha value is -3.62. The zero-order valence-corrected chi connectivity index (χ0v) is 21.7. The Kier molecular flexibility index (Phi) is 8.31. The average molecular weight is 528 g/mol. The fraction of sp³-hybridized carbons (Fsp3) is 0.269. The van der Waals surface area contributed by atoms with E-state index in [9.17, 15) is 18.4 Å². The largest absolute Gasteiger partial charge is 0.493 e. The van der Waals surface area contributed by atoms with Gasteiger partial charge in [-0.25, -0.2) is 13.8 Å². The molecule has 0 saturated heterocycles. The number of aromatic amines is 1. The lowest BCUT2D eigenvalue weighted by Crippen LogP contribution is -2.37. The summed E-state index contributed by atoms with van der Waals surface area (Å²) in [6, 6.07) is 9.47. The van der Waals surface area contributed by atoms with Crippen LogP contribution in [0.1, 0.15) is 22.3 Å². The van der Waals surface area contributed by atoms with Gasteiger partial charge in [0.2, 0.25) is 12.4 Å². The normalized spacial score (nSPS) is 12.9. The molecule has 8 nitrogen and oxygen atoms in total. The van der Waals surface area contributed by atoms with Gasteiger partial charge in [-0.15, -0.1) is 9.24 Å². The van der Waals surface area contributed by atoms with Gasteiger partial charge in [-0.2, -0.15) is 0 Å². The summed E-state index contributed by atoms with van der Waals surface area (Å²) in [6.07, 6.45) is 2.87. The van der Waals surface area contributed by atoms with E-state index in [2.05, 4.69) is 24.5 Å². The Labute approximate surface area is 215 Å². The maximum absolute atomic E-state index is 14.5. The lowest BCUT2D eigenvalue weighted by molar-refractivity contribution is -0.115. The summed E-state index contributed by atoms with van der Waals surface area (Å²) in [4.78, 5) is 34.5. The van der Waals surface area contributed by atoms with Crippen LogP contribution in [0, 0.1) is 18.6 Å². The van der Waals surface area contributed by atoms with Crippen molar-refractivity contribution in [1.29, 1.82) is 0 Å². The standard InChI is InChI=1S/C26H28F2N5O3P/c1-16-8-23-17(5-7-36-23)9-22(16)31-26(30-14-32(2)12-18-4-3-6-29-25(18)35)33(15-34)13-19-10-24(37)21(28)11-20(19)27/h3-4,6,8-11,15H,5,7,12-14,37H2,1-2H3,(H,29,35)(H,30,31). The molecule has 11 heteroatoms. The molecular weight excluding hydrogens is 499 g/mol. The number of pyridine rings is 1. The molecule has 0 aliphatic carbocycles. The third kappa shape index (κ3) is 6.39. The van der Waals surface area contributed by atoms with Crippen molar-refractivity contribution in [2.45, 2.75) is 26.4 Å². The highest BCUT2D eigenvalue weighted by Gasteiger charge is 2.19. The number of nitrogens with zero attached hydrogens (tertiary/aromatic N) is 3. The Bertz CT molecular complexity index is 1400. The molecule has 37 heavy (non-hydrogen) atoms. The molecule has 3 aromatic rings. The van der Waals surface area contributed by atoms with Crippen molar-refractivity contribution in [3.63, 3.8) is 0 Å². The van der Waals surface area contributed by atoms with Gasteiger partial charge < -0.3 is 15.0 Å². The van der Waals surface area contributed by atoms with Crippen molar-refractivity contribution in [2.24, 2.45) is 4.99 Å². The van der Waals surface area contributed by atoms with Crippen molar-refractivity contribution < 1.29 is 18.3 Å². The van der Waals surface area contributed by atoms with Crippen LogP contribution in [0.4, 0.5) is 14.5 Å². The molecule has 4 rings (SSSR count). The van der Waals surface area contributed by atoms with Crippen LogP contribution in [-0.2, 0) is 24.3 Å². The number of nitrogens with one attached hydrogen (secondary N) is 2. The summed E-state index contributed by atoms with van der Waals surface area (Å²) in [6.45, 7) is 2.80. The number of halogens is 2. The molecule has 2 aromatic carbocycles. The van der Waals surface area contributed by atoms with Crippen LogP contribution in [0.5, 0.6) is 5.75 Å². The number of guanidine groups is 1. The number of carbonyl (C=O) groups excluding carboxylic acids is 1. The number of carbonyl (C=O) groups is 1. The topological polar surface area (TPSA) is 90.0 Å². The quantitative estimate of drug-likeness (QED) is 0.204. The van der Waals surface area contributed by atoms with Gasteiger partial charge in [0.15, 0.2) is 0 Å². The minimum absolute atomic E-state index is 0.134. The number of ether oxygens (including phenoxy) is 1. The first-order chi connectivity index (χ1) is 17.7. The first-order valence-corrected chi connectivity index (χ1v) is 12.2. The zero-order chi connectivity index (χ0) is 26.5. The van der Waals surface area contributed by atoms with Crippen molar-refractivity contribution >= 4 is 32.6 Å². The van der Waals surface area contributed by atoms with Gasteiger partial charge in [0.05, 0.1) is 19.8 Å². The summed E-state index contributed by atoms with van der Waals surface area (Å²) in [5, 5.41) is 3.41. The Morgan fingerprint density at radius 3 is 2.78 bits per heavy atom. The van der Waals surface area contributed by atoms with Crippen LogP contribution in [0.3, 0.4) is 0 Å². The molecule has 194 valence electrons. The molecule has 1 aliphatic rings. The SMILES string of the molecule is Cc1cc2c(cc1NC(=NCN(C)Cc1ccc[nH]c1=O)N(C=O)Cc1cc(P)c(F)cc1F)CCO2. The third-order valence-corrected chi connectivity index (χ3v) is 6.43. The first-order valence-electron chi connectivity index (χ1n) is 11.6. The number of hydrogen-bond acceptors (Lipinski definition) is 5. The van der Waals surface area contributed by atoms with Gasteiger partial charge in [0.1, 0.15) is 17.4 Å². The number of aryl methyl sites for hydroxylation is 1. The molecule has 1 aliphatic heterocycles. The molecule has 1 atom stereocenters. The number of rotatable bonds is 8. The summed E-state index contributed by atoms with van der Waals surface area (Å²) >= 11 is 0. The summed E-state index contributed by atoms with van der Waals surface area (Å²) in [5.74, 6) is -0.451. The van der Waals surface area contributed by atoms with Crippen LogP contribution in [0.15, 0.2) is 52.4 Å². The number of aliphatic imine (C=N–C) groups is 1. The monoisotopic (exact) mass is 527 g/mol. The predicted molar refractivity (Wildman–Crippen MR) is 142 cm³/mol. The van der Waals surface area contributed by atoms with Gasteiger partial charge in [-0.1, -0.05) is 6.07 Å². The molecule has 0 saturated carbocycles. The Morgan fingerprint density at radius 1 is 1.22 bits per heavy atom. The van der Waals surface area contributed by atoms with Crippen LogP contribution < -0.4 is 20.9 Å². The molecule has 2 N–H and O–H groups in total. The first kappa shape index (κ1) is 26.4.